The first-order valence-electron chi connectivity index (χ1n) is 6.05. The third-order valence-electron chi connectivity index (χ3n) is 3.11. The van der Waals surface area contributed by atoms with Gasteiger partial charge >= 0.3 is 0 Å². The fourth-order valence-electron chi connectivity index (χ4n) is 2.38. The van der Waals surface area contributed by atoms with Crippen molar-refractivity contribution in [2.75, 3.05) is 0 Å². The summed E-state index contributed by atoms with van der Waals surface area (Å²) < 4.78 is 2.86. The summed E-state index contributed by atoms with van der Waals surface area (Å²) in [6.07, 6.45) is 3.47. The smallest absolute Gasteiger partial charge is 0.251 e. The quantitative estimate of drug-likeness (QED) is 0.942. The minimum Gasteiger partial charge on any atom is -0.366 e. The second kappa shape index (κ2) is 5.17. The van der Waals surface area contributed by atoms with Crippen molar-refractivity contribution in [2.24, 2.45) is 5.73 Å². The lowest BCUT2D eigenvalue weighted by Gasteiger charge is -2.16. The zero-order valence-corrected chi connectivity index (χ0v) is 12.7. The molecule has 2 rings (SSSR count). The van der Waals surface area contributed by atoms with Crippen molar-refractivity contribution in [3.8, 4) is 11.3 Å². The number of carbonyl (C=O) groups is 1. The Hall–Kier alpha value is -1.62. The molecule has 1 amide bonds. The highest BCUT2D eigenvalue weighted by Gasteiger charge is 2.24. The van der Waals surface area contributed by atoms with Gasteiger partial charge in [0.15, 0.2) is 0 Å². The minimum absolute atomic E-state index is 0.229. The van der Waals surface area contributed by atoms with Crippen molar-refractivity contribution in [1.82, 2.24) is 9.55 Å². The van der Waals surface area contributed by atoms with Crippen LogP contribution in [0.4, 0.5) is 0 Å². The summed E-state index contributed by atoms with van der Waals surface area (Å²) in [5, 5.41) is 0. The number of primary amides is 1. The van der Waals surface area contributed by atoms with Crippen LogP contribution in [0.2, 0.25) is 0 Å². The van der Waals surface area contributed by atoms with E-state index in [2.05, 4.69) is 39.3 Å². The molecule has 2 heterocycles. The summed E-state index contributed by atoms with van der Waals surface area (Å²) in [6, 6.07) is 4.07. The molecule has 2 aromatic heterocycles. The lowest BCUT2D eigenvalue weighted by molar-refractivity contribution is 0.0999. The Bertz CT molecular complexity index is 617. The average molecular weight is 322 g/mol. The molecule has 0 radical (unpaired) electrons. The van der Waals surface area contributed by atoms with Crippen molar-refractivity contribution in [3.63, 3.8) is 0 Å². The van der Waals surface area contributed by atoms with Crippen molar-refractivity contribution < 1.29 is 4.79 Å². The minimum atomic E-state index is -0.418. The van der Waals surface area contributed by atoms with Crippen LogP contribution in [0.5, 0.6) is 0 Å². The van der Waals surface area contributed by atoms with Gasteiger partial charge in [-0.15, -0.1) is 0 Å². The zero-order chi connectivity index (χ0) is 14.2. The van der Waals surface area contributed by atoms with Crippen LogP contribution in [0.15, 0.2) is 29.0 Å². The van der Waals surface area contributed by atoms with Gasteiger partial charge in [-0.1, -0.05) is 0 Å². The van der Waals surface area contributed by atoms with Crippen LogP contribution >= 0.6 is 15.9 Å². The van der Waals surface area contributed by atoms with Gasteiger partial charge in [-0.25, -0.2) is 0 Å². The topological polar surface area (TPSA) is 60.9 Å². The summed E-state index contributed by atoms with van der Waals surface area (Å²) in [6.45, 7) is 6.07. The maximum atomic E-state index is 11.6. The monoisotopic (exact) mass is 321 g/mol. The van der Waals surface area contributed by atoms with E-state index in [0.717, 1.165) is 21.4 Å². The highest BCUT2D eigenvalue weighted by molar-refractivity contribution is 9.10. The first-order valence-corrected chi connectivity index (χ1v) is 6.85. The van der Waals surface area contributed by atoms with Crippen molar-refractivity contribution >= 4 is 21.8 Å². The third-order valence-corrected chi connectivity index (χ3v) is 3.88. The summed E-state index contributed by atoms with van der Waals surface area (Å²) >= 11 is 3.52. The summed E-state index contributed by atoms with van der Waals surface area (Å²) in [5.74, 6) is -0.418. The van der Waals surface area contributed by atoms with Crippen molar-refractivity contribution in [2.45, 2.75) is 26.8 Å². The molecule has 100 valence electrons. The Morgan fingerprint density at radius 3 is 2.42 bits per heavy atom. The van der Waals surface area contributed by atoms with E-state index in [1.54, 1.807) is 12.4 Å². The molecule has 0 aromatic carbocycles. The number of amides is 1. The number of hydrogen-bond acceptors (Lipinski definition) is 2. The Balaban J connectivity index is 2.80. The molecule has 4 nitrogen and oxygen atoms in total. The Kier molecular flexibility index (Phi) is 3.75. The molecule has 0 fully saturated rings. The van der Waals surface area contributed by atoms with E-state index < -0.39 is 5.91 Å². The van der Waals surface area contributed by atoms with E-state index >= 15 is 0 Å². The van der Waals surface area contributed by atoms with E-state index in [1.165, 1.54) is 0 Å². The highest BCUT2D eigenvalue weighted by atomic mass is 79.9. The van der Waals surface area contributed by atoms with Gasteiger partial charge in [0.2, 0.25) is 0 Å². The average Bonchev–Trinajstić information content (AvgIpc) is 2.61. The Morgan fingerprint density at radius 1 is 1.37 bits per heavy atom. The highest BCUT2D eigenvalue weighted by Crippen LogP contribution is 2.37. The normalized spacial score (nSPS) is 11.0. The Morgan fingerprint density at radius 2 is 1.95 bits per heavy atom. The van der Waals surface area contributed by atoms with Crippen LogP contribution in [0.3, 0.4) is 0 Å². The van der Waals surface area contributed by atoms with Gasteiger partial charge in [-0.2, -0.15) is 0 Å². The van der Waals surface area contributed by atoms with Gasteiger partial charge < -0.3 is 10.3 Å². The molecule has 0 aliphatic heterocycles. The van der Waals surface area contributed by atoms with Gasteiger partial charge in [0.05, 0.1) is 15.7 Å². The number of pyridine rings is 1. The van der Waals surface area contributed by atoms with E-state index in [1.807, 2.05) is 19.1 Å². The first-order chi connectivity index (χ1) is 8.95. The summed E-state index contributed by atoms with van der Waals surface area (Å²) in [5.41, 5.74) is 8.87. The largest absolute Gasteiger partial charge is 0.366 e. The van der Waals surface area contributed by atoms with Crippen molar-refractivity contribution in [1.29, 1.82) is 0 Å². The van der Waals surface area contributed by atoms with Gasteiger partial charge in [0, 0.05) is 29.7 Å². The van der Waals surface area contributed by atoms with Gasteiger partial charge in [0.25, 0.3) is 5.91 Å². The molecule has 0 aliphatic carbocycles. The first kappa shape index (κ1) is 13.8. The number of rotatable bonds is 3. The molecular formula is C14H16BrN3O. The second-order valence-corrected chi connectivity index (χ2v) is 5.48. The number of halogens is 1. The molecule has 2 aromatic rings. The number of hydrogen-bond donors (Lipinski definition) is 1. The Labute approximate surface area is 120 Å². The van der Waals surface area contributed by atoms with Gasteiger partial charge in [0.1, 0.15) is 0 Å². The summed E-state index contributed by atoms with van der Waals surface area (Å²) in [4.78, 5) is 15.7. The number of nitrogens with two attached hydrogens (primary N) is 1. The maximum Gasteiger partial charge on any atom is 0.251 e. The van der Waals surface area contributed by atoms with E-state index in [0.29, 0.717) is 5.56 Å². The van der Waals surface area contributed by atoms with E-state index in [-0.39, 0.29) is 6.04 Å². The second-order valence-electron chi connectivity index (χ2n) is 4.69. The van der Waals surface area contributed by atoms with Crippen LogP contribution in [0.25, 0.3) is 11.3 Å². The van der Waals surface area contributed by atoms with Gasteiger partial charge in [-0.05, 0) is 48.8 Å². The molecule has 0 aliphatic rings. The zero-order valence-electron chi connectivity index (χ0n) is 11.1. The van der Waals surface area contributed by atoms with E-state index in [4.69, 9.17) is 5.73 Å². The fraction of sp³-hybridized carbons (Fsp3) is 0.286. The van der Waals surface area contributed by atoms with Crippen LogP contribution < -0.4 is 5.73 Å². The lowest BCUT2D eigenvalue weighted by atomic mass is 10.1. The third kappa shape index (κ3) is 2.30. The predicted molar refractivity (Wildman–Crippen MR) is 79.0 cm³/mol. The molecule has 0 atom stereocenters. The van der Waals surface area contributed by atoms with Crippen LogP contribution in [-0.2, 0) is 0 Å². The molecule has 0 bridgehead atoms. The van der Waals surface area contributed by atoms with Crippen LogP contribution in [-0.4, -0.2) is 15.5 Å². The molecule has 2 N–H and O–H groups in total. The molecular weight excluding hydrogens is 306 g/mol. The molecule has 0 spiro atoms. The summed E-state index contributed by atoms with van der Waals surface area (Å²) in [7, 11) is 0. The van der Waals surface area contributed by atoms with Crippen molar-refractivity contribution in [3.05, 3.63) is 40.3 Å². The molecule has 0 unspecified atom stereocenters. The molecule has 5 heteroatoms. The van der Waals surface area contributed by atoms with Gasteiger partial charge in [-0.3, -0.25) is 9.78 Å². The fourth-order valence-corrected chi connectivity index (χ4v) is 3.28. The number of carbonyl (C=O) groups excluding carboxylic acids is 1. The van der Waals surface area contributed by atoms with Crippen LogP contribution in [0.1, 0.15) is 35.9 Å². The lowest BCUT2D eigenvalue weighted by Crippen LogP contribution is -2.13. The molecule has 0 saturated heterocycles. The standard InChI is InChI=1S/C14H16BrN3O/c1-8(2)18-9(3)11(14(16)19)12(15)13(18)10-4-6-17-7-5-10/h4-8H,1-3H3,(H2,16,19). The number of nitrogens with zero attached hydrogens (tertiary/aromatic N) is 2. The molecule has 19 heavy (non-hydrogen) atoms. The van der Waals surface area contributed by atoms with E-state index in [9.17, 15) is 4.79 Å². The number of aromatic nitrogens is 2. The maximum absolute atomic E-state index is 11.6. The van der Waals surface area contributed by atoms with Crippen LogP contribution in [0, 0.1) is 6.92 Å². The molecule has 0 saturated carbocycles. The SMILES string of the molecule is Cc1c(C(N)=O)c(Br)c(-c2ccncc2)n1C(C)C. The predicted octanol–water partition coefficient (Wildman–Crippen LogP) is 3.30.